The van der Waals surface area contributed by atoms with Crippen LogP contribution in [0.1, 0.15) is 32.1 Å². The van der Waals surface area contributed by atoms with Gasteiger partial charge in [0.05, 0.1) is 47.9 Å². The summed E-state index contributed by atoms with van der Waals surface area (Å²) in [6, 6.07) is 14.8. The number of H-pyrrole nitrogens is 1. The van der Waals surface area contributed by atoms with E-state index in [1.807, 2.05) is 42.5 Å². The zero-order valence-electron chi connectivity index (χ0n) is 16.0. The van der Waals surface area contributed by atoms with Crippen LogP contribution in [0.25, 0.3) is 23.2 Å². The Morgan fingerprint density at radius 1 is 0.781 bits per heavy atom. The van der Waals surface area contributed by atoms with Crippen molar-refractivity contribution in [1.82, 2.24) is 9.97 Å². The highest BCUT2D eigenvalue weighted by Gasteiger charge is 2.42. The number of nitrogens with zero attached hydrogens (tertiary/aromatic N) is 2. The summed E-state index contributed by atoms with van der Waals surface area (Å²) in [6.45, 7) is 0. The minimum absolute atomic E-state index is 0.0627. The van der Waals surface area contributed by atoms with E-state index in [9.17, 15) is 9.59 Å². The maximum Gasteiger partial charge on any atom is 0.267 e. The molecule has 0 aliphatic carbocycles. The molecule has 1 aliphatic rings. The van der Waals surface area contributed by atoms with Gasteiger partial charge in [0.15, 0.2) is 0 Å². The summed E-state index contributed by atoms with van der Waals surface area (Å²) >= 11 is 24.6. The van der Waals surface area contributed by atoms with Crippen molar-refractivity contribution in [3.63, 3.8) is 0 Å². The standard InChI is InChI=1S/C23H11Cl4N3O2/c24-18-16-17(19(25)21(27)20(18)26)23(32)30(22(16)31)12-7-8-13-14(10-12)29-15(28-13)9-6-11-4-2-1-3-5-11/h1-10H,(H,28,29)/b9-6+. The quantitative estimate of drug-likeness (QED) is 0.184. The SMILES string of the molecule is O=C1c2c(Cl)c(Cl)c(Cl)c(Cl)c2C(=O)N1c1ccc2nc(/C=C/c3ccccc3)[nH]c2c1. The zero-order chi connectivity index (χ0) is 22.6. The van der Waals surface area contributed by atoms with Gasteiger partial charge in [-0.15, -0.1) is 0 Å². The molecule has 5 nitrogen and oxygen atoms in total. The van der Waals surface area contributed by atoms with Crippen LogP contribution in [-0.4, -0.2) is 21.8 Å². The Hall–Kier alpha value is -2.83. The second-order valence-electron chi connectivity index (χ2n) is 7.02. The van der Waals surface area contributed by atoms with Crippen LogP contribution in [0.5, 0.6) is 0 Å². The Balaban J connectivity index is 1.53. The fourth-order valence-electron chi connectivity index (χ4n) is 3.56. The number of carbonyl (C=O) groups excluding carboxylic acids is 2. The number of imidazole rings is 1. The fraction of sp³-hybridized carbons (Fsp3) is 0. The molecule has 0 bridgehead atoms. The maximum absolute atomic E-state index is 13.1. The number of benzene rings is 3. The van der Waals surface area contributed by atoms with Gasteiger partial charge in [0.25, 0.3) is 11.8 Å². The van der Waals surface area contributed by atoms with Crippen molar-refractivity contribution in [3.05, 3.63) is 91.1 Å². The fourth-order valence-corrected chi connectivity index (χ4v) is 4.57. The number of fused-ring (bicyclic) bond motifs is 2. The number of imide groups is 1. The third-order valence-corrected chi connectivity index (χ3v) is 6.88. The average molecular weight is 503 g/mol. The third-order valence-electron chi connectivity index (χ3n) is 5.08. The minimum Gasteiger partial charge on any atom is -0.338 e. The molecular formula is C23H11Cl4N3O2. The molecule has 1 aromatic heterocycles. The highest BCUT2D eigenvalue weighted by Crippen LogP contribution is 2.45. The molecule has 5 rings (SSSR count). The molecule has 1 N–H and O–H groups in total. The molecule has 32 heavy (non-hydrogen) atoms. The number of halogens is 4. The molecule has 3 aromatic carbocycles. The molecule has 0 saturated heterocycles. The maximum atomic E-state index is 13.1. The van der Waals surface area contributed by atoms with E-state index < -0.39 is 11.8 Å². The number of anilines is 1. The molecule has 0 fully saturated rings. The molecule has 0 atom stereocenters. The number of aromatic amines is 1. The smallest absolute Gasteiger partial charge is 0.267 e. The number of rotatable bonds is 3. The van der Waals surface area contributed by atoms with Crippen LogP contribution >= 0.6 is 46.4 Å². The van der Waals surface area contributed by atoms with Gasteiger partial charge < -0.3 is 4.98 Å². The first kappa shape index (κ1) is 21.0. The van der Waals surface area contributed by atoms with Crippen LogP contribution in [0, 0.1) is 0 Å². The summed E-state index contributed by atoms with van der Waals surface area (Å²) in [5, 5.41) is -0.348. The summed E-state index contributed by atoms with van der Waals surface area (Å²) in [4.78, 5) is 34.8. The van der Waals surface area contributed by atoms with Crippen molar-refractivity contribution >= 4 is 87.1 Å². The van der Waals surface area contributed by atoms with Gasteiger partial charge in [-0.3, -0.25) is 9.59 Å². The summed E-state index contributed by atoms with van der Waals surface area (Å²) in [6.07, 6.45) is 3.78. The van der Waals surface area contributed by atoms with E-state index in [1.54, 1.807) is 18.2 Å². The van der Waals surface area contributed by atoms with Gasteiger partial charge in [0, 0.05) is 0 Å². The van der Waals surface area contributed by atoms with E-state index in [4.69, 9.17) is 46.4 Å². The summed E-state index contributed by atoms with van der Waals surface area (Å²) in [7, 11) is 0. The zero-order valence-corrected chi connectivity index (χ0v) is 19.0. The Bertz CT molecular complexity index is 1410. The highest BCUT2D eigenvalue weighted by atomic mass is 35.5. The van der Waals surface area contributed by atoms with E-state index >= 15 is 0 Å². The Labute approximate surface area is 202 Å². The van der Waals surface area contributed by atoms with Gasteiger partial charge in [-0.1, -0.05) is 82.8 Å². The van der Waals surface area contributed by atoms with E-state index in [0.717, 1.165) is 10.5 Å². The molecule has 0 spiro atoms. The first-order valence-electron chi connectivity index (χ1n) is 9.34. The molecule has 9 heteroatoms. The largest absolute Gasteiger partial charge is 0.338 e. The molecule has 4 aromatic rings. The summed E-state index contributed by atoms with van der Waals surface area (Å²) in [5.74, 6) is -0.620. The minimum atomic E-state index is -0.626. The molecule has 0 saturated carbocycles. The van der Waals surface area contributed by atoms with Gasteiger partial charge in [-0.2, -0.15) is 0 Å². The molecule has 0 unspecified atom stereocenters. The van der Waals surface area contributed by atoms with Crippen LogP contribution in [-0.2, 0) is 0 Å². The number of hydrogen-bond donors (Lipinski definition) is 1. The number of nitrogens with one attached hydrogen (secondary N) is 1. The average Bonchev–Trinajstić information content (AvgIpc) is 3.32. The Morgan fingerprint density at radius 3 is 2.03 bits per heavy atom. The summed E-state index contributed by atoms with van der Waals surface area (Å²) in [5.41, 5.74) is 2.58. The highest BCUT2D eigenvalue weighted by molar-refractivity contribution is 6.56. The van der Waals surface area contributed by atoms with Crippen LogP contribution in [0.15, 0.2) is 48.5 Å². The van der Waals surface area contributed by atoms with Gasteiger partial charge in [0.1, 0.15) is 5.82 Å². The second kappa shape index (κ2) is 7.94. The number of aromatic nitrogens is 2. The summed E-state index contributed by atoms with van der Waals surface area (Å²) < 4.78 is 0. The predicted molar refractivity (Wildman–Crippen MR) is 129 cm³/mol. The van der Waals surface area contributed by atoms with Gasteiger partial charge in [0.2, 0.25) is 0 Å². The van der Waals surface area contributed by atoms with Crippen LogP contribution < -0.4 is 4.90 Å². The number of carbonyl (C=O) groups is 2. The van der Waals surface area contributed by atoms with Crippen molar-refractivity contribution < 1.29 is 9.59 Å². The Morgan fingerprint density at radius 2 is 1.41 bits per heavy atom. The first-order valence-corrected chi connectivity index (χ1v) is 10.9. The lowest BCUT2D eigenvalue weighted by Gasteiger charge is -2.13. The second-order valence-corrected chi connectivity index (χ2v) is 8.53. The van der Waals surface area contributed by atoms with Crippen molar-refractivity contribution in [1.29, 1.82) is 0 Å². The lowest BCUT2D eigenvalue weighted by Crippen LogP contribution is -2.29. The Kier molecular flexibility index (Phi) is 5.22. The van der Waals surface area contributed by atoms with Crippen molar-refractivity contribution in [3.8, 4) is 0 Å². The topological polar surface area (TPSA) is 66.1 Å². The predicted octanol–water partition coefficient (Wildman–Crippen LogP) is 7.15. The van der Waals surface area contributed by atoms with Crippen molar-refractivity contribution in [2.75, 3.05) is 4.90 Å². The van der Waals surface area contributed by atoms with E-state index in [0.29, 0.717) is 22.5 Å². The molecule has 1 aliphatic heterocycles. The van der Waals surface area contributed by atoms with Gasteiger partial charge in [-0.05, 0) is 29.8 Å². The normalized spacial score (nSPS) is 13.6. The lowest BCUT2D eigenvalue weighted by atomic mass is 10.1. The monoisotopic (exact) mass is 501 g/mol. The van der Waals surface area contributed by atoms with Crippen molar-refractivity contribution in [2.24, 2.45) is 0 Å². The van der Waals surface area contributed by atoms with E-state index in [2.05, 4.69) is 9.97 Å². The first-order chi connectivity index (χ1) is 15.4. The van der Waals surface area contributed by atoms with Crippen LogP contribution in [0.3, 0.4) is 0 Å². The molecular weight excluding hydrogens is 492 g/mol. The van der Waals surface area contributed by atoms with Crippen LogP contribution in [0.4, 0.5) is 5.69 Å². The third kappa shape index (κ3) is 3.29. The number of amides is 2. The number of hydrogen-bond acceptors (Lipinski definition) is 3. The van der Waals surface area contributed by atoms with Crippen LogP contribution in [0.2, 0.25) is 20.1 Å². The molecule has 158 valence electrons. The lowest BCUT2D eigenvalue weighted by molar-refractivity contribution is 0.0926. The van der Waals surface area contributed by atoms with Gasteiger partial charge in [-0.25, -0.2) is 9.88 Å². The van der Waals surface area contributed by atoms with Gasteiger partial charge >= 0.3 is 0 Å². The molecule has 2 heterocycles. The molecule has 0 radical (unpaired) electrons. The van der Waals surface area contributed by atoms with E-state index in [1.165, 1.54) is 0 Å². The molecule has 2 amide bonds. The van der Waals surface area contributed by atoms with Crippen molar-refractivity contribution in [2.45, 2.75) is 0 Å². The van der Waals surface area contributed by atoms with E-state index in [-0.39, 0.29) is 31.2 Å².